The van der Waals surface area contributed by atoms with E-state index in [4.69, 9.17) is 0 Å². The zero-order chi connectivity index (χ0) is 20.5. The third-order valence-electron chi connectivity index (χ3n) is 4.49. The lowest BCUT2D eigenvalue weighted by molar-refractivity contribution is -0.137. The molecule has 0 aliphatic carbocycles. The molecule has 0 spiro atoms. The minimum absolute atomic E-state index is 0.0354. The van der Waals surface area contributed by atoms with E-state index < -0.39 is 17.7 Å². The van der Waals surface area contributed by atoms with Crippen molar-refractivity contribution in [2.45, 2.75) is 19.6 Å². The van der Waals surface area contributed by atoms with Crippen LogP contribution in [0.4, 0.5) is 13.2 Å². The SMILES string of the molecule is Cc1c(C(=O)c2ccccc2)cc(C(=O)O)n1Cc1ccc(C(F)(F)F)cc1. The molecule has 0 unspecified atom stereocenters. The second-order valence-electron chi connectivity index (χ2n) is 6.31. The molecule has 7 heteroatoms. The van der Waals surface area contributed by atoms with Gasteiger partial charge in [-0.15, -0.1) is 0 Å². The summed E-state index contributed by atoms with van der Waals surface area (Å²) in [6.07, 6.45) is -4.44. The van der Waals surface area contributed by atoms with Gasteiger partial charge in [0.05, 0.1) is 5.56 Å². The van der Waals surface area contributed by atoms with Crippen molar-refractivity contribution in [2.24, 2.45) is 0 Å². The zero-order valence-corrected chi connectivity index (χ0v) is 14.8. The molecule has 0 saturated heterocycles. The molecule has 0 saturated carbocycles. The van der Waals surface area contributed by atoms with Gasteiger partial charge in [-0.3, -0.25) is 4.79 Å². The predicted molar refractivity (Wildman–Crippen MR) is 96.5 cm³/mol. The van der Waals surface area contributed by atoms with Gasteiger partial charge in [-0.2, -0.15) is 13.2 Å². The number of aromatic nitrogens is 1. The molecule has 1 aromatic heterocycles. The minimum atomic E-state index is -4.44. The van der Waals surface area contributed by atoms with Gasteiger partial charge >= 0.3 is 12.1 Å². The maximum absolute atomic E-state index is 12.7. The first-order chi connectivity index (χ1) is 13.2. The summed E-state index contributed by atoms with van der Waals surface area (Å²) in [5, 5.41) is 9.50. The molecule has 1 N–H and O–H groups in total. The number of carboxylic acid groups (broad SMARTS) is 1. The molecule has 1 heterocycles. The number of carbonyl (C=O) groups excluding carboxylic acids is 1. The van der Waals surface area contributed by atoms with E-state index in [0.717, 1.165) is 12.1 Å². The Morgan fingerprint density at radius 1 is 1.00 bits per heavy atom. The van der Waals surface area contributed by atoms with Gasteiger partial charge in [0.2, 0.25) is 0 Å². The van der Waals surface area contributed by atoms with Gasteiger partial charge in [-0.05, 0) is 30.7 Å². The average molecular weight is 387 g/mol. The second kappa shape index (κ2) is 7.34. The van der Waals surface area contributed by atoms with Crippen molar-refractivity contribution in [1.82, 2.24) is 4.57 Å². The van der Waals surface area contributed by atoms with Gasteiger partial charge in [0.25, 0.3) is 0 Å². The second-order valence-corrected chi connectivity index (χ2v) is 6.31. The normalized spacial score (nSPS) is 11.4. The highest BCUT2D eigenvalue weighted by Crippen LogP contribution is 2.29. The van der Waals surface area contributed by atoms with Crippen LogP contribution < -0.4 is 0 Å². The van der Waals surface area contributed by atoms with Crippen LogP contribution in [0.1, 0.15) is 43.2 Å². The first-order valence-electron chi connectivity index (χ1n) is 8.38. The molecule has 0 bridgehead atoms. The minimum Gasteiger partial charge on any atom is -0.477 e. The van der Waals surface area contributed by atoms with E-state index in [1.807, 2.05) is 0 Å². The number of hydrogen-bond acceptors (Lipinski definition) is 2. The summed E-state index contributed by atoms with van der Waals surface area (Å²) in [7, 11) is 0. The van der Waals surface area contributed by atoms with Gasteiger partial charge < -0.3 is 9.67 Å². The van der Waals surface area contributed by atoms with E-state index in [1.54, 1.807) is 37.3 Å². The summed E-state index contributed by atoms with van der Waals surface area (Å²) in [6, 6.07) is 14.2. The van der Waals surface area contributed by atoms with Crippen LogP contribution in [0.2, 0.25) is 0 Å². The standard InChI is InChI=1S/C21H16F3NO3/c1-13-17(19(26)15-5-3-2-4-6-15)11-18(20(27)28)25(13)12-14-7-9-16(10-8-14)21(22,23)24/h2-11H,12H2,1H3,(H,27,28). The van der Waals surface area contributed by atoms with E-state index in [0.29, 0.717) is 16.8 Å². The van der Waals surface area contributed by atoms with E-state index >= 15 is 0 Å². The summed E-state index contributed by atoms with van der Waals surface area (Å²) in [5.74, 6) is -1.53. The Morgan fingerprint density at radius 2 is 1.61 bits per heavy atom. The van der Waals surface area contributed by atoms with Crippen LogP contribution in [0.3, 0.4) is 0 Å². The molecule has 0 aliphatic rings. The largest absolute Gasteiger partial charge is 0.477 e. The quantitative estimate of drug-likeness (QED) is 0.640. The van der Waals surface area contributed by atoms with E-state index in [-0.39, 0.29) is 23.6 Å². The van der Waals surface area contributed by atoms with Crippen molar-refractivity contribution in [2.75, 3.05) is 0 Å². The Morgan fingerprint density at radius 3 is 2.14 bits per heavy atom. The van der Waals surface area contributed by atoms with E-state index in [1.165, 1.54) is 22.8 Å². The van der Waals surface area contributed by atoms with Gasteiger partial charge in [0.15, 0.2) is 5.78 Å². The van der Waals surface area contributed by atoms with Crippen molar-refractivity contribution < 1.29 is 27.9 Å². The lowest BCUT2D eigenvalue weighted by atomic mass is 10.0. The fraction of sp³-hybridized carbons (Fsp3) is 0.143. The third-order valence-corrected chi connectivity index (χ3v) is 4.49. The van der Waals surface area contributed by atoms with Gasteiger partial charge in [-0.1, -0.05) is 42.5 Å². The topological polar surface area (TPSA) is 59.3 Å². The molecule has 2 aromatic carbocycles. The van der Waals surface area contributed by atoms with Gasteiger partial charge in [0, 0.05) is 23.4 Å². The Hall–Kier alpha value is -3.35. The van der Waals surface area contributed by atoms with E-state index in [2.05, 4.69) is 0 Å². The Bertz CT molecular complexity index is 1020. The van der Waals surface area contributed by atoms with Crippen LogP contribution >= 0.6 is 0 Å². The number of alkyl halides is 3. The highest BCUT2D eigenvalue weighted by atomic mass is 19.4. The highest BCUT2D eigenvalue weighted by molar-refractivity contribution is 6.10. The number of aromatic carboxylic acids is 1. The number of hydrogen-bond donors (Lipinski definition) is 1. The molecule has 3 rings (SSSR count). The fourth-order valence-electron chi connectivity index (χ4n) is 2.98. The lowest BCUT2D eigenvalue weighted by Crippen LogP contribution is -2.12. The van der Waals surface area contributed by atoms with Crippen molar-refractivity contribution in [3.63, 3.8) is 0 Å². The average Bonchev–Trinajstić information content (AvgIpc) is 2.98. The van der Waals surface area contributed by atoms with Crippen LogP contribution in [-0.2, 0) is 12.7 Å². The first-order valence-corrected chi connectivity index (χ1v) is 8.38. The molecule has 0 atom stereocenters. The molecule has 3 aromatic rings. The molecule has 4 nitrogen and oxygen atoms in total. The molecule has 0 aliphatic heterocycles. The number of nitrogens with zero attached hydrogens (tertiary/aromatic N) is 1. The molecular weight excluding hydrogens is 371 g/mol. The summed E-state index contributed by atoms with van der Waals surface area (Å²) in [5.41, 5.74) is 0.722. The molecular formula is C21H16F3NO3. The van der Waals surface area contributed by atoms with Crippen molar-refractivity contribution in [3.05, 3.63) is 94.3 Å². The Balaban J connectivity index is 1.98. The van der Waals surface area contributed by atoms with Crippen molar-refractivity contribution >= 4 is 11.8 Å². The third kappa shape index (κ3) is 3.83. The fourth-order valence-corrected chi connectivity index (χ4v) is 2.98. The van der Waals surface area contributed by atoms with Crippen LogP contribution in [-0.4, -0.2) is 21.4 Å². The monoisotopic (exact) mass is 387 g/mol. The molecule has 144 valence electrons. The van der Waals surface area contributed by atoms with Gasteiger partial charge in [0.1, 0.15) is 5.69 Å². The number of carboxylic acids is 1. The predicted octanol–water partition coefficient (Wildman–Crippen LogP) is 4.79. The van der Waals surface area contributed by atoms with Crippen molar-refractivity contribution in [1.29, 1.82) is 0 Å². The lowest BCUT2D eigenvalue weighted by Gasteiger charge is -2.12. The maximum atomic E-state index is 12.7. The van der Waals surface area contributed by atoms with Crippen molar-refractivity contribution in [3.8, 4) is 0 Å². The summed E-state index contributed by atoms with van der Waals surface area (Å²) < 4.78 is 39.6. The number of benzene rings is 2. The maximum Gasteiger partial charge on any atom is 0.416 e. The smallest absolute Gasteiger partial charge is 0.416 e. The van der Waals surface area contributed by atoms with Crippen LogP contribution in [0.15, 0.2) is 60.7 Å². The molecule has 0 amide bonds. The Kier molecular flexibility index (Phi) is 5.09. The number of carbonyl (C=O) groups is 2. The first kappa shape index (κ1) is 19.4. The van der Waals surface area contributed by atoms with Crippen LogP contribution in [0, 0.1) is 6.92 Å². The molecule has 0 fully saturated rings. The van der Waals surface area contributed by atoms with E-state index in [9.17, 15) is 27.9 Å². The number of ketones is 1. The zero-order valence-electron chi connectivity index (χ0n) is 14.8. The number of rotatable bonds is 5. The summed E-state index contributed by atoms with van der Waals surface area (Å²) in [6.45, 7) is 1.65. The summed E-state index contributed by atoms with van der Waals surface area (Å²) >= 11 is 0. The molecule has 28 heavy (non-hydrogen) atoms. The van der Waals surface area contributed by atoms with Gasteiger partial charge in [-0.25, -0.2) is 4.79 Å². The summed E-state index contributed by atoms with van der Waals surface area (Å²) in [4.78, 5) is 24.4. The number of halogens is 3. The van der Waals surface area contributed by atoms with Crippen LogP contribution in [0.5, 0.6) is 0 Å². The van der Waals surface area contributed by atoms with Crippen LogP contribution in [0.25, 0.3) is 0 Å². The Labute approximate surface area is 158 Å². The molecule has 0 radical (unpaired) electrons. The highest BCUT2D eigenvalue weighted by Gasteiger charge is 2.30.